The summed E-state index contributed by atoms with van der Waals surface area (Å²) in [6.45, 7) is 6.75. The van der Waals surface area contributed by atoms with Crippen molar-refractivity contribution in [2.75, 3.05) is 13.1 Å². The van der Waals surface area contributed by atoms with E-state index < -0.39 is 8.69 Å². The maximum atomic E-state index is 8.46. The first kappa shape index (κ1) is 10.9. The third kappa shape index (κ3) is 37.2. The highest BCUT2D eigenvalue weighted by molar-refractivity contribution is 7.16. The van der Waals surface area contributed by atoms with Gasteiger partial charge in [-0.15, -0.1) is 0 Å². The standard InChI is InChI=1S/C4H11N.HO2P/c1-3-5-4-2;1-3-2/h5H,3-4H2,1-2H3;(H,1,2)/p+1. The van der Waals surface area contributed by atoms with Crippen LogP contribution in [0.4, 0.5) is 0 Å². The lowest BCUT2D eigenvalue weighted by molar-refractivity contribution is -0.648. The second kappa shape index (κ2) is 15.7. The van der Waals surface area contributed by atoms with Gasteiger partial charge in [0.05, 0.1) is 13.1 Å². The van der Waals surface area contributed by atoms with Crippen LogP contribution in [0.3, 0.4) is 0 Å². The Morgan fingerprint density at radius 1 is 1.50 bits per heavy atom. The SMILES string of the molecule is CC[NH2+]CC.O=PO. The second-order valence-corrected chi connectivity index (χ2v) is 1.35. The minimum Gasteiger partial charge on any atom is -0.347 e. The lowest BCUT2D eigenvalue weighted by Crippen LogP contribution is -2.82. The van der Waals surface area contributed by atoms with Crippen molar-refractivity contribution in [3.63, 3.8) is 0 Å². The van der Waals surface area contributed by atoms with Crippen molar-refractivity contribution in [2.24, 2.45) is 0 Å². The van der Waals surface area contributed by atoms with Crippen LogP contribution < -0.4 is 5.32 Å². The van der Waals surface area contributed by atoms with Gasteiger partial charge in [-0.3, -0.25) is 0 Å². The Bertz CT molecular complexity index is 41.0. The Labute approximate surface area is 51.4 Å². The van der Waals surface area contributed by atoms with Crippen molar-refractivity contribution >= 4 is 8.69 Å². The molecule has 0 bridgehead atoms. The molecule has 0 amide bonds. The molecule has 4 heteroatoms. The van der Waals surface area contributed by atoms with E-state index in [-0.39, 0.29) is 0 Å². The predicted molar refractivity (Wildman–Crippen MR) is 32.8 cm³/mol. The first-order valence-corrected chi connectivity index (χ1v) is 3.38. The van der Waals surface area contributed by atoms with E-state index in [4.69, 9.17) is 9.46 Å². The van der Waals surface area contributed by atoms with Gasteiger partial charge in [-0.1, -0.05) is 0 Å². The minimum atomic E-state index is -0.833. The Hall–Kier alpha value is 0.0200. The molecule has 0 fully saturated rings. The largest absolute Gasteiger partial charge is 0.347 e. The van der Waals surface area contributed by atoms with E-state index in [1.165, 1.54) is 13.1 Å². The molecule has 0 heterocycles. The third-order valence-electron chi connectivity index (χ3n) is 0.577. The van der Waals surface area contributed by atoms with Crippen molar-refractivity contribution in [3.8, 4) is 0 Å². The zero-order valence-electron chi connectivity index (χ0n) is 5.29. The monoisotopic (exact) mass is 138 g/mol. The second-order valence-electron chi connectivity index (χ2n) is 1.19. The van der Waals surface area contributed by atoms with E-state index in [0.717, 1.165) is 0 Å². The molecule has 0 unspecified atom stereocenters. The molecule has 0 atom stereocenters. The first-order chi connectivity index (χ1) is 3.83. The molecule has 0 saturated heterocycles. The lowest BCUT2D eigenvalue weighted by Gasteiger charge is -1.83. The smallest absolute Gasteiger partial charge is 0.324 e. The number of hydrogen-bond donors (Lipinski definition) is 2. The summed E-state index contributed by atoms with van der Waals surface area (Å²) in [6.07, 6.45) is 0. The highest BCUT2D eigenvalue weighted by Gasteiger charge is 1.67. The molecule has 0 saturated carbocycles. The van der Waals surface area contributed by atoms with Gasteiger partial charge >= 0.3 is 8.69 Å². The van der Waals surface area contributed by atoms with Gasteiger partial charge in [-0.2, -0.15) is 0 Å². The minimum absolute atomic E-state index is 0.833. The zero-order valence-corrected chi connectivity index (χ0v) is 6.19. The van der Waals surface area contributed by atoms with Crippen LogP contribution in [0.25, 0.3) is 0 Å². The molecule has 50 valence electrons. The summed E-state index contributed by atoms with van der Waals surface area (Å²) < 4.78 is 8.46. The van der Waals surface area contributed by atoms with E-state index in [0.29, 0.717) is 0 Å². The van der Waals surface area contributed by atoms with Crippen LogP contribution in [-0.2, 0) is 4.57 Å². The van der Waals surface area contributed by atoms with Crippen LogP contribution in [-0.4, -0.2) is 18.0 Å². The van der Waals surface area contributed by atoms with Gasteiger partial charge < -0.3 is 10.2 Å². The molecule has 0 aliphatic carbocycles. The van der Waals surface area contributed by atoms with Crippen LogP contribution in [0.2, 0.25) is 0 Å². The molecule has 0 radical (unpaired) electrons. The van der Waals surface area contributed by atoms with Gasteiger partial charge in [0.2, 0.25) is 0 Å². The molecule has 8 heavy (non-hydrogen) atoms. The topological polar surface area (TPSA) is 53.9 Å². The molecule has 0 aliphatic rings. The quantitative estimate of drug-likeness (QED) is 0.518. The first-order valence-electron chi connectivity index (χ1n) is 2.61. The van der Waals surface area contributed by atoms with Gasteiger partial charge in [-0.25, -0.2) is 4.57 Å². The van der Waals surface area contributed by atoms with Crippen LogP contribution in [0.1, 0.15) is 13.8 Å². The van der Waals surface area contributed by atoms with Crippen LogP contribution in [0.5, 0.6) is 0 Å². The molecule has 3 nitrogen and oxygen atoms in total. The van der Waals surface area contributed by atoms with Crippen molar-refractivity contribution in [1.29, 1.82) is 0 Å². The fourth-order valence-corrected chi connectivity index (χ4v) is 0.289. The summed E-state index contributed by atoms with van der Waals surface area (Å²) in [5.74, 6) is 0. The Morgan fingerprint density at radius 3 is 1.75 bits per heavy atom. The lowest BCUT2D eigenvalue weighted by atomic mass is 10.7. The average Bonchev–Trinajstić information content (AvgIpc) is 1.71. The maximum Gasteiger partial charge on any atom is 0.324 e. The van der Waals surface area contributed by atoms with E-state index in [1.54, 1.807) is 0 Å². The van der Waals surface area contributed by atoms with Gasteiger partial charge in [0.1, 0.15) is 0 Å². The van der Waals surface area contributed by atoms with Crippen molar-refractivity contribution in [1.82, 2.24) is 0 Å². The highest BCUT2D eigenvalue weighted by Crippen LogP contribution is 1.66. The van der Waals surface area contributed by atoms with Crippen molar-refractivity contribution < 1.29 is 14.8 Å². The van der Waals surface area contributed by atoms with Gasteiger partial charge in [0, 0.05) is 0 Å². The molecule has 0 aromatic heterocycles. The molecular formula is C4H13NO2P+. The number of rotatable bonds is 2. The van der Waals surface area contributed by atoms with E-state index in [2.05, 4.69) is 19.2 Å². The summed E-state index contributed by atoms with van der Waals surface area (Å²) in [5.41, 5.74) is 0. The van der Waals surface area contributed by atoms with Crippen molar-refractivity contribution in [2.45, 2.75) is 13.8 Å². The number of hydrogen-bond acceptors (Lipinski definition) is 1. The fourth-order valence-electron chi connectivity index (χ4n) is 0.289. The Morgan fingerprint density at radius 2 is 1.75 bits per heavy atom. The van der Waals surface area contributed by atoms with Gasteiger partial charge in [0.25, 0.3) is 0 Å². The van der Waals surface area contributed by atoms with Crippen molar-refractivity contribution in [3.05, 3.63) is 0 Å². The summed E-state index contributed by atoms with van der Waals surface area (Å²) in [7, 11) is -0.833. The maximum absolute atomic E-state index is 8.46. The zero-order chi connectivity index (χ0) is 6.83. The normalized spacial score (nSPS) is 7.88. The number of nitrogens with two attached hydrogens (primary N) is 1. The Kier molecular flexibility index (Phi) is 21.5. The number of quaternary nitrogens is 1. The fraction of sp³-hybridized carbons (Fsp3) is 1.00. The van der Waals surface area contributed by atoms with E-state index in [1.807, 2.05) is 0 Å². The molecule has 0 spiro atoms. The summed E-state index contributed by atoms with van der Waals surface area (Å²) >= 11 is 0. The van der Waals surface area contributed by atoms with E-state index >= 15 is 0 Å². The van der Waals surface area contributed by atoms with Gasteiger partial charge in [-0.05, 0) is 13.8 Å². The average molecular weight is 138 g/mol. The molecular weight excluding hydrogens is 125 g/mol. The molecule has 0 aromatic carbocycles. The predicted octanol–water partition coefficient (Wildman–Crippen LogP) is -0.225. The molecule has 0 aliphatic heterocycles. The van der Waals surface area contributed by atoms with Crippen LogP contribution >= 0.6 is 8.69 Å². The van der Waals surface area contributed by atoms with Crippen LogP contribution in [0.15, 0.2) is 0 Å². The summed E-state index contributed by atoms with van der Waals surface area (Å²) in [4.78, 5) is 6.99. The molecule has 0 rings (SSSR count). The third-order valence-corrected chi connectivity index (χ3v) is 0.577. The molecule has 0 aromatic rings. The van der Waals surface area contributed by atoms with E-state index in [9.17, 15) is 0 Å². The van der Waals surface area contributed by atoms with Gasteiger partial charge in [0.15, 0.2) is 0 Å². The molecule has 3 N–H and O–H groups in total. The van der Waals surface area contributed by atoms with Crippen LogP contribution in [0, 0.1) is 0 Å². The Balaban J connectivity index is 0. The summed E-state index contributed by atoms with van der Waals surface area (Å²) in [6, 6.07) is 0. The highest BCUT2D eigenvalue weighted by atomic mass is 31.1. The summed E-state index contributed by atoms with van der Waals surface area (Å²) in [5, 5.41) is 2.25.